The van der Waals surface area contributed by atoms with Crippen LogP contribution >= 0.6 is 24.0 Å². The number of amides is 2. The van der Waals surface area contributed by atoms with Crippen molar-refractivity contribution in [1.82, 2.24) is 20.2 Å². The highest BCUT2D eigenvalue weighted by atomic mass is 32.2. The number of rotatable bonds is 5. The van der Waals surface area contributed by atoms with E-state index in [0.717, 1.165) is 22.3 Å². The van der Waals surface area contributed by atoms with E-state index in [0.29, 0.717) is 27.1 Å². The molecule has 1 aromatic heterocycles. The minimum atomic E-state index is -0.476. The van der Waals surface area contributed by atoms with Crippen LogP contribution in [0.1, 0.15) is 11.3 Å². The number of aryl methyl sites for hydroxylation is 1. The van der Waals surface area contributed by atoms with Gasteiger partial charge in [-0.25, -0.2) is 4.68 Å². The fourth-order valence-corrected chi connectivity index (χ4v) is 4.48. The fourth-order valence-electron chi connectivity index (χ4n) is 3.31. The molecule has 1 aliphatic rings. The molecule has 8 nitrogen and oxygen atoms in total. The third-order valence-electron chi connectivity index (χ3n) is 4.82. The summed E-state index contributed by atoms with van der Waals surface area (Å²) in [5, 5.41) is 6.33. The number of carbonyl (C=O) groups is 2. The van der Waals surface area contributed by atoms with Crippen molar-refractivity contribution < 1.29 is 14.3 Å². The fraction of sp³-hybridized carbons (Fsp3) is 0.136. The maximum absolute atomic E-state index is 12.9. The van der Waals surface area contributed by atoms with Gasteiger partial charge in [-0.1, -0.05) is 48.2 Å². The monoisotopic (exact) mass is 466 g/mol. The molecule has 0 atom stereocenters. The second-order valence-electron chi connectivity index (χ2n) is 6.89. The number of hydrazine groups is 1. The number of benzene rings is 2. The van der Waals surface area contributed by atoms with E-state index in [1.54, 1.807) is 43.5 Å². The van der Waals surface area contributed by atoms with Crippen LogP contribution in [0.25, 0.3) is 16.8 Å². The van der Waals surface area contributed by atoms with E-state index in [-0.39, 0.29) is 16.3 Å². The highest BCUT2D eigenvalue weighted by Crippen LogP contribution is 2.33. The molecule has 1 aliphatic heterocycles. The van der Waals surface area contributed by atoms with E-state index in [4.69, 9.17) is 17.0 Å². The van der Waals surface area contributed by atoms with E-state index in [1.165, 1.54) is 11.7 Å². The largest absolute Gasteiger partial charge is 0.496 e. The summed E-state index contributed by atoms with van der Waals surface area (Å²) in [4.78, 5) is 38.2. The first-order valence-electron chi connectivity index (χ1n) is 9.54. The second-order valence-corrected chi connectivity index (χ2v) is 8.57. The van der Waals surface area contributed by atoms with E-state index >= 15 is 0 Å². The number of hydrogen-bond donors (Lipinski definition) is 1. The van der Waals surface area contributed by atoms with E-state index in [2.05, 4.69) is 10.5 Å². The van der Waals surface area contributed by atoms with Crippen LogP contribution in [0.5, 0.6) is 5.75 Å². The van der Waals surface area contributed by atoms with Crippen LogP contribution in [-0.4, -0.2) is 38.0 Å². The zero-order chi connectivity index (χ0) is 22.8. The number of nitrogens with one attached hydrogen (secondary N) is 1. The first-order valence-corrected chi connectivity index (χ1v) is 10.8. The molecule has 4 rings (SSSR count). The summed E-state index contributed by atoms with van der Waals surface area (Å²) >= 11 is 6.38. The lowest BCUT2D eigenvalue weighted by molar-refractivity contribution is -0.132. The Bertz CT molecular complexity index is 1350. The van der Waals surface area contributed by atoms with Gasteiger partial charge in [0.05, 0.1) is 29.5 Å². The average Bonchev–Trinajstić information content (AvgIpc) is 3.05. The van der Waals surface area contributed by atoms with Crippen molar-refractivity contribution >= 4 is 57.0 Å². The first kappa shape index (κ1) is 21.7. The molecule has 1 saturated heterocycles. The van der Waals surface area contributed by atoms with Crippen molar-refractivity contribution in [3.05, 3.63) is 75.0 Å². The number of ether oxygens (including phenoxy) is 1. The standard InChI is InChI=1S/C22H18N4O4S2/c1-25-20(28)15-9-5-4-8-14(15)16(23-25)12-19(27)24-26-21(29)18(32-22(26)31)11-13-7-3-6-10-17(13)30-2/h3-11H,12H2,1-2H3,(H,24,27)/b18-11-. The molecule has 2 amide bonds. The molecule has 10 heteroatoms. The molecule has 3 aromatic rings. The Kier molecular flexibility index (Phi) is 6.06. The number of nitrogens with zero attached hydrogens (tertiary/aromatic N) is 3. The van der Waals surface area contributed by atoms with Crippen molar-refractivity contribution in [2.45, 2.75) is 6.42 Å². The van der Waals surface area contributed by atoms with Crippen LogP contribution in [-0.2, 0) is 23.1 Å². The van der Waals surface area contributed by atoms with Gasteiger partial charge in [0.1, 0.15) is 5.75 Å². The number of hydrogen-bond acceptors (Lipinski definition) is 7. The van der Waals surface area contributed by atoms with Crippen LogP contribution in [0, 0.1) is 0 Å². The number of methoxy groups -OCH3 is 1. The van der Waals surface area contributed by atoms with Crippen LogP contribution in [0.3, 0.4) is 0 Å². The first-order chi connectivity index (χ1) is 15.4. The van der Waals surface area contributed by atoms with Gasteiger partial charge in [0.2, 0.25) is 5.91 Å². The maximum Gasteiger partial charge on any atom is 0.285 e. The summed E-state index contributed by atoms with van der Waals surface area (Å²) in [7, 11) is 3.08. The maximum atomic E-state index is 12.9. The van der Waals surface area contributed by atoms with Crippen LogP contribution in [0.4, 0.5) is 0 Å². The molecule has 0 radical (unpaired) electrons. The zero-order valence-corrected chi connectivity index (χ0v) is 18.8. The normalized spacial score (nSPS) is 14.9. The summed E-state index contributed by atoms with van der Waals surface area (Å²) in [6, 6.07) is 14.2. The number of aromatic nitrogens is 2. The number of carbonyl (C=O) groups excluding carboxylic acids is 2. The molecule has 1 N–H and O–H groups in total. The summed E-state index contributed by atoms with van der Waals surface area (Å²) < 4.78 is 6.72. The molecule has 2 aromatic carbocycles. The molecule has 162 valence electrons. The summed E-state index contributed by atoms with van der Waals surface area (Å²) in [6.45, 7) is 0. The third kappa shape index (κ3) is 4.14. The SMILES string of the molecule is COc1ccccc1/C=C1\SC(=S)N(NC(=O)Cc2nn(C)c(=O)c3ccccc23)C1=O. The highest BCUT2D eigenvalue weighted by Gasteiger charge is 2.34. The Morgan fingerprint density at radius 1 is 1.16 bits per heavy atom. The van der Waals surface area contributed by atoms with Gasteiger partial charge in [-0.2, -0.15) is 10.1 Å². The predicted octanol–water partition coefficient (Wildman–Crippen LogP) is 2.42. The van der Waals surface area contributed by atoms with Crippen molar-refractivity contribution in [2.75, 3.05) is 7.11 Å². The molecule has 32 heavy (non-hydrogen) atoms. The third-order valence-corrected chi connectivity index (χ3v) is 6.12. The number of thiocarbonyl (C=S) groups is 1. The second kappa shape index (κ2) is 8.93. The average molecular weight is 467 g/mol. The summed E-state index contributed by atoms with van der Waals surface area (Å²) in [5.41, 5.74) is 3.46. The van der Waals surface area contributed by atoms with E-state index in [1.807, 2.05) is 18.2 Å². The Hall–Kier alpha value is -3.50. The molecule has 0 bridgehead atoms. The smallest absolute Gasteiger partial charge is 0.285 e. The van der Waals surface area contributed by atoms with Gasteiger partial charge in [-0.3, -0.25) is 19.8 Å². The molecule has 0 unspecified atom stereocenters. The Labute approximate surface area is 192 Å². The van der Waals surface area contributed by atoms with Gasteiger partial charge in [0, 0.05) is 18.0 Å². The molecular formula is C22H18N4O4S2. The zero-order valence-electron chi connectivity index (χ0n) is 17.2. The van der Waals surface area contributed by atoms with Crippen LogP contribution in [0.15, 0.2) is 58.2 Å². The summed E-state index contributed by atoms with van der Waals surface area (Å²) in [6.07, 6.45) is 1.55. The topological polar surface area (TPSA) is 93.5 Å². The van der Waals surface area contributed by atoms with Crippen molar-refractivity contribution in [2.24, 2.45) is 7.05 Å². The van der Waals surface area contributed by atoms with Gasteiger partial charge in [0.25, 0.3) is 11.5 Å². The molecule has 0 saturated carbocycles. The number of para-hydroxylation sites is 1. The van der Waals surface area contributed by atoms with Crippen LogP contribution in [0.2, 0.25) is 0 Å². The van der Waals surface area contributed by atoms with Crippen molar-refractivity contribution in [1.29, 1.82) is 0 Å². The van der Waals surface area contributed by atoms with Gasteiger partial charge in [0.15, 0.2) is 4.32 Å². The lowest BCUT2D eigenvalue weighted by Gasteiger charge is -2.16. The molecule has 0 spiro atoms. The van der Waals surface area contributed by atoms with Gasteiger partial charge in [-0.15, -0.1) is 0 Å². The summed E-state index contributed by atoms with van der Waals surface area (Å²) in [5.74, 6) is -0.289. The molecule has 1 fully saturated rings. The number of thioether (sulfide) groups is 1. The highest BCUT2D eigenvalue weighted by molar-refractivity contribution is 8.26. The van der Waals surface area contributed by atoms with Crippen LogP contribution < -0.4 is 15.7 Å². The lowest BCUT2D eigenvalue weighted by Crippen LogP contribution is -2.45. The molecule has 2 heterocycles. The number of fused-ring (bicyclic) bond motifs is 1. The minimum absolute atomic E-state index is 0.128. The Balaban J connectivity index is 1.55. The van der Waals surface area contributed by atoms with E-state index < -0.39 is 11.8 Å². The predicted molar refractivity (Wildman–Crippen MR) is 127 cm³/mol. The van der Waals surface area contributed by atoms with Gasteiger partial charge < -0.3 is 4.74 Å². The van der Waals surface area contributed by atoms with Crippen molar-refractivity contribution in [3.8, 4) is 5.75 Å². The Morgan fingerprint density at radius 2 is 1.84 bits per heavy atom. The lowest BCUT2D eigenvalue weighted by atomic mass is 10.1. The Morgan fingerprint density at radius 3 is 2.59 bits per heavy atom. The van der Waals surface area contributed by atoms with Gasteiger partial charge in [-0.05, 0) is 30.4 Å². The van der Waals surface area contributed by atoms with Crippen molar-refractivity contribution in [3.63, 3.8) is 0 Å². The minimum Gasteiger partial charge on any atom is -0.496 e. The molecular weight excluding hydrogens is 448 g/mol. The van der Waals surface area contributed by atoms with Gasteiger partial charge >= 0.3 is 0 Å². The van der Waals surface area contributed by atoms with E-state index in [9.17, 15) is 14.4 Å². The quantitative estimate of drug-likeness (QED) is 0.456. The molecule has 0 aliphatic carbocycles.